The Bertz CT molecular complexity index is 851. The molecule has 6 heteroatoms. The topological polar surface area (TPSA) is 73.7 Å². The van der Waals surface area contributed by atoms with Crippen LogP contribution in [0.5, 0.6) is 0 Å². The third kappa shape index (κ3) is 3.52. The second-order valence-electron chi connectivity index (χ2n) is 7.26. The van der Waals surface area contributed by atoms with Gasteiger partial charge in [0.25, 0.3) is 0 Å². The third-order valence-electron chi connectivity index (χ3n) is 5.06. The predicted molar refractivity (Wildman–Crippen MR) is 105 cm³/mol. The summed E-state index contributed by atoms with van der Waals surface area (Å²) in [7, 11) is 0. The van der Waals surface area contributed by atoms with E-state index >= 15 is 0 Å². The summed E-state index contributed by atoms with van der Waals surface area (Å²) in [4.78, 5) is 31.9. The molecule has 27 heavy (non-hydrogen) atoms. The highest BCUT2D eigenvalue weighted by Crippen LogP contribution is 2.42. The Balaban J connectivity index is 2.18. The van der Waals surface area contributed by atoms with Crippen LogP contribution in [0.15, 0.2) is 42.6 Å². The minimum Gasteiger partial charge on any atom is -0.465 e. The van der Waals surface area contributed by atoms with E-state index in [1.165, 1.54) is 4.90 Å². The van der Waals surface area contributed by atoms with Gasteiger partial charge in [0.1, 0.15) is 0 Å². The number of hydrogen-bond acceptors (Lipinski definition) is 3. The van der Waals surface area contributed by atoms with Gasteiger partial charge in [-0.3, -0.25) is 14.7 Å². The van der Waals surface area contributed by atoms with E-state index < -0.39 is 6.09 Å². The van der Waals surface area contributed by atoms with E-state index in [4.69, 9.17) is 0 Å². The minimum absolute atomic E-state index is 0.0424. The first kappa shape index (κ1) is 18.9. The summed E-state index contributed by atoms with van der Waals surface area (Å²) in [6.07, 6.45) is 1.34. The van der Waals surface area contributed by atoms with Gasteiger partial charge in [-0.2, -0.15) is 0 Å². The second-order valence-corrected chi connectivity index (χ2v) is 7.26. The van der Waals surface area contributed by atoms with Crippen LogP contribution in [0.1, 0.15) is 45.7 Å². The standard InChI is InChI=1S/C21H25N3O3/c1-13(2)23(21(26)27)20-11-14(3)24(15(4)25)19-9-8-16(12-17(19)20)18-7-5-6-10-22-18/h5-10,12-14,20H,11H2,1-4H3,(H,26,27)/t14-,20+/m0/s1. The molecule has 0 aliphatic carbocycles. The van der Waals surface area contributed by atoms with Crippen molar-refractivity contribution in [3.05, 3.63) is 48.2 Å². The summed E-state index contributed by atoms with van der Waals surface area (Å²) in [6.45, 7) is 7.26. The van der Waals surface area contributed by atoms with Crippen molar-refractivity contribution in [3.8, 4) is 11.3 Å². The van der Waals surface area contributed by atoms with Crippen molar-refractivity contribution in [2.45, 2.75) is 52.2 Å². The molecule has 0 unspecified atom stereocenters. The highest BCUT2D eigenvalue weighted by Gasteiger charge is 2.38. The number of nitrogens with zero attached hydrogens (tertiary/aromatic N) is 3. The van der Waals surface area contributed by atoms with Gasteiger partial charge in [-0.25, -0.2) is 4.79 Å². The first-order valence-corrected chi connectivity index (χ1v) is 9.17. The number of carbonyl (C=O) groups excluding carboxylic acids is 1. The molecular weight excluding hydrogens is 342 g/mol. The van der Waals surface area contributed by atoms with Gasteiger partial charge in [0.05, 0.1) is 11.7 Å². The average Bonchev–Trinajstić information content (AvgIpc) is 2.61. The lowest BCUT2D eigenvalue weighted by Crippen LogP contribution is -2.48. The van der Waals surface area contributed by atoms with Crippen LogP contribution >= 0.6 is 0 Å². The molecule has 3 rings (SSSR count). The van der Waals surface area contributed by atoms with Gasteiger partial charge >= 0.3 is 6.09 Å². The lowest BCUT2D eigenvalue weighted by atomic mass is 9.88. The van der Waals surface area contributed by atoms with Crippen molar-refractivity contribution >= 4 is 17.7 Å². The van der Waals surface area contributed by atoms with Crippen LogP contribution in [0.3, 0.4) is 0 Å². The number of anilines is 1. The number of benzene rings is 1. The van der Waals surface area contributed by atoms with E-state index in [9.17, 15) is 14.7 Å². The fourth-order valence-electron chi connectivity index (χ4n) is 3.98. The fourth-order valence-corrected chi connectivity index (χ4v) is 3.98. The Kier molecular flexibility index (Phi) is 5.17. The quantitative estimate of drug-likeness (QED) is 0.876. The van der Waals surface area contributed by atoms with E-state index in [1.54, 1.807) is 18.0 Å². The molecule has 0 bridgehead atoms. The molecule has 2 atom stereocenters. The third-order valence-corrected chi connectivity index (χ3v) is 5.06. The van der Waals surface area contributed by atoms with E-state index in [0.29, 0.717) is 6.42 Å². The van der Waals surface area contributed by atoms with Gasteiger partial charge in [0.2, 0.25) is 5.91 Å². The predicted octanol–water partition coefficient (Wildman–Crippen LogP) is 4.32. The van der Waals surface area contributed by atoms with Crippen molar-refractivity contribution in [2.24, 2.45) is 0 Å². The van der Waals surface area contributed by atoms with Crippen molar-refractivity contribution in [1.82, 2.24) is 9.88 Å². The Morgan fingerprint density at radius 3 is 2.56 bits per heavy atom. The maximum Gasteiger partial charge on any atom is 0.408 e. The summed E-state index contributed by atoms with van der Waals surface area (Å²) in [5, 5.41) is 9.80. The molecule has 142 valence electrons. The second kappa shape index (κ2) is 7.39. The minimum atomic E-state index is -0.951. The Morgan fingerprint density at radius 2 is 2.00 bits per heavy atom. The average molecular weight is 367 g/mol. The molecule has 1 aliphatic heterocycles. The number of carbonyl (C=O) groups is 2. The number of amides is 2. The van der Waals surface area contributed by atoms with Gasteiger partial charge in [-0.15, -0.1) is 0 Å². The number of hydrogen-bond donors (Lipinski definition) is 1. The normalized spacial score (nSPS) is 18.9. The molecule has 0 radical (unpaired) electrons. The molecule has 0 fully saturated rings. The van der Waals surface area contributed by atoms with Gasteiger partial charge in [-0.1, -0.05) is 12.1 Å². The van der Waals surface area contributed by atoms with Crippen molar-refractivity contribution in [2.75, 3.05) is 4.90 Å². The SMILES string of the molecule is CC(=O)N1c2ccc(-c3ccccn3)cc2[C@H](N(C(=O)O)C(C)C)C[C@@H]1C. The van der Waals surface area contributed by atoms with Gasteiger partial charge in [0, 0.05) is 36.5 Å². The number of aromatic nitrogens is 1. The zero-order valence-corrected chi connectivity index (χ0v) is 16.1. The molecular formula is C21H25N3O3. The monoisotopic (exact) mass is 367 g/mol. The molecule has 2 amide bonds. The number of carboxylic acid groups (broad SMARTS) is 1. The molecule has 1 aliphatic rings. The van der Waals surface area contributed by atoms with Crippen LogP contribution < -0.4 is 4.90 Å². The smallest absolute Gasteiger partial charge is 0.408 e. The van der Waals surface area contributed by atoms with Crippen molar-refractivity contribution in [3.63, 3.8) is 0 Å². The lowest BCUT2D eigenvalue weighted by Gasteiger charge is -2.43. The molecule has 1 N–H and O–H groups in total. The molecule has 2 aromatic rings. The highest BCUT2D eigenvalue weighted by molar-refractivity contribution is 5.94. The van der Waals surface area contributed by atoms with Crippen LogP contribution in [0.2, 0.25) is 0 Å². The summed E-state index contributed by atoms with van der Waals surface area (Å²) in [6, 6.07) is 10.9. The van der Waals surface area contributed by atoms with Gasteiger partial charge < -0.3 is 10.0 Å². The summed E-state index contributed by atoms with van der Waals surface area (Å²) >= 11 is 0. The van der Waals surface area contributed by atoms with E-state index in [1.807, 2.05) is 57.2 Å². The molecule has 1 aromatic carbocycles. The maximum absolute atomic E-state index is 12.3. The number of pyridine rings is 1. The molecule has 0 saturated heterocycles. The largest absolute Gasteiger partial charge is 0.465 e. The maximum atomic E-state index is 12.3. The van der Waals surface area contributed by atoms with E-state index in [2.05, 4.69) is 4.98 Å². The van der Waals surface area contributed by atoms with Crippen LogP contribution in [-0.4, -0.2) is 39.1 Å². The summed E-state index contributed by atoms with van der Waals surface area (Å²) < 4.78 is 0. The Morgan fingerprint density at radius 1 is 1.26 bits per heavy atom. The highest BCUT2D eigenvalue weighted by atomic mass is 16.4. The van der Waals surface area contributed by atoms with E-state index in [-0.39, 0.29) is 24.0 Å². The molecule has 2 heterocycles. The van der Waals surface area contributed by atoms with Crippen molar-refractivity contribution in [1.29, 1.82) is 0 Å². The Labute approximate surface area is 159 Å². The molecule has 0 saturated carbocycles. The summed E-state index contributed by atoms with van der Waals surface area (Å²) in [5.41, 5.74) is 3.35. The lowest BCUT2D eigenvalue weighted by molar-refractivity contribution is -0.117. The Hall–Kier alpha value is -2.89. The first-order chi connectivity index (χ1) is 12.8. The van der Waals surface area contributed by atoms with Crippen LogP contribution in [-0.2, 0) is 4.79 Å². The van der Waals surface area contributed by atoms with Gasteiger partial charge in [0.15, 0.2) is 0 Å². The fraction of sp³-hybridized carbons (Fsp3) is 0.381. The molecule has 0 spiro atoms. The zero-order valence-electron chi connectivity index (χ0n) is 16.1. The van der Waals surface area contributed by atoms with Crippen molar-refractivity contribution < 1.29 is 14.7 Å². The zero-order chi connectivity index (χ0) is 19.7. The van der Waals surface area contributed by atoms with Crippen LogP contribution in [0.4, 0.5) is 10.5 Å². The first-order valence-electron chi connectivity index (χ1n) is 9.17. The molecule has 1 aromatic heterocycles. The van der Waals surface area contributed by atoms with Gasteiger partial charge in [-0.05, 0) is 57.0 Å². The van der Waals surface area contributed by atoms with Crippen LogP contribution in [0.25, 0.3) is 11.3 Å². The summed E-state index contributed by atoms with van der Waals surface area (Å²) in [5.74, 6) is -0.0424. The van der Waals surface area contributed by atoms with Crippen LogP contribution in [0, 0.1) is 0 Å². The molecule has 6 nitrogen and oxygen atoms in total. The number of rotatable bonds is 3. The number of fused-ring (bicyclic) bond motifs is 1. The van der Waals surface area contributed by atoms with E-state index in [0.717, 1.165) is 22.5 Å².